The number of thiocarbonyl (C=S) groups is 1. The highest BCUT2D eigenvalue weighted by atomic mass is 32.1. The van der Waals surface area contributed by atoms with Crippen molar-refractivity contribution in [2.24, 2.45) is 0 Å². The molecule has 1 fully saturated rings. The number of amides is 1. The van der Waals surface area contributed by atoms with Gasteiger partial charge < -0.3 is 19.1 Å². The second kappa shape index (κ2) is 9.57. The Bertz CT molecular complexity index is 1060. The number of ether oxygens (including phenoxy) is 3. The van der Waals surface area contributed by atoms with Crippen molar-refractivity contribution in [3.8, 4) is 11.5 Å². The molecule has 0 bridgehead atoms. The molecule has 1 aliphatic heterocycles. The van der Waals surface area contributed by atoms with Gasteiger partial charge in [-0.1, -0.05) is 18.2 Å². The van der Waals surface area contributed by atoms with Crippen LogP contribution in [0.25, 0.3) is 6.08 Å². The first kappa shape index (κ1) is 22.2. The number of benzene rings is 2. The van der Waals surface area contributed by atoms with Gasteiger partial charge in [0.25, 0.3) is 5.91 Å². The predicted molar refractivity (Wildman–Crippen MR) is 116 cm³/mol. The van der Waals surface area contributed by atoms with Crippen molar-refractivity contribution in [3.05, 3.63) is 65.1 Å². The summed E-state index contributed by atoms with van der Waals surface area (Å²) in [6.45, 7) is -0.0848. The zero-order valence-electron chi connectivity index (χ0n) is 17.3. The summed E-state index contributed by atoms with van der Waals surface area (Å²) in [5, 5.41) is 0.212. The van der Waals surface area contributed by atoms with Gasteiger partial charge in [0.1, 0.15) is 24.7 Å². The van der Waals surface area contributed by atoms with Crippen LogP contribution < -0.4 is 9.47 Å². The molecule has 1 saturated heterocycles. The summed E-state index contributed by atoms with van der Waals surface area (Å²) in [5.41, 5.74) is 1.67. The van der Waals surface area contributed by atoms with E-state index in [4.69, 9.17) is 21.7 Å². The van der Waals surface area contributed by atoms with E-state index in [9.17, 15) is 14.0 Å². The minimum Gasteiger partial charge on any atom is -0.493 e. The molecular formula is C22H21FN2O5S. The van der Waals surface area contributed by atoms with E-state index in [1.807, 2.05) is 0 Å². The molecule has 0 atom stereocenters. The van der Waals surface area contributed by atoms with Crippen molar-refractivity contribution in [2.45, 2.75) is 6.61 Å². The number of carbonyl (C=O) groups excluding carboxylic acids is 2. The number of hydrogen-bond donors (Lipinski definition) is 0. The molecule has 0 spiro atoms. The molecule has 0 saturated carbocycles. The Balaban J connectivity index is 1.80. The average molecular weight is 444 g/mol. The molecule has 0 N–H and O–H groups in total. The molecule has 1 heterocycles. The van der Waals surface area contributed by atoms with Gasteiger partial charge >= 0.3 is 5.97 Å². The van der Waals surface area contributed by atoms with Crippen LogP contribution in [-0.4, -0.2) is 54.6 Å². The number of nitrogens with zero attached hydrogens (tertiary/aromatic N) is 2. The maximum atomic E-state index is 13.3. The molecule has 162 valence electrons. The quantitative estimate of drug-likeness (QED) is 0.369. The SMILES string of the molecule is COC(=O)CN1C(=O)/C(=C/c2ccc(OCc3cccc(F)c3)c(OC)c2)N(C)C1=S. The maximum absolute atomic E-state index is 13.3. The molecule has 1 aliphatic rings. The highest BCUT2D eigenvalue weighted by Gasteiger charge is 2.37. The third kappa shape index (κ3) is 5.00. The molecule has 9 heteroatoms. The van der Waals surface area contributed by atoms with Gasteiger partial charge in [-0.3, -0.25) is 14.5 Å². The zero-order chi connectivity index (χ0) is 22.5. The first-order chi connectivity index (χ1) is 14.8. The lowest BCUT2D eigenvalue weighted by molar-refractivity contribution is -0.143. The van der Waals surface area contributed by atoms with Gasteiger partial charge in [-0.15, -0.1) is 0 Å². The second-order valence-electron chi connectivity index (χ2n) is 6.67. The van der Waals surface area contributed by atoms with Crippen LogP contribution in [0.15, 0.2) is 48.2 Å². The minimum absolute atomic E-state index is 0.173. The summed E-state index contributed by atoms with van der Waals surface area (Å²) in [7, 11) is 4.40. The van der Waals surface area contributed by atoms with Gasteiger partial charge in [0.15, 0.2) is 16.6 Å². The standard InChI is InChI=1S/C22H21FN2O5S/c1-24-17(21(27)25(22(24)31)12-20(26)29-3)10-14-7-8-18(19(11-14)28-2)30-13-15-5-4-6-16(23)9-15/h4-11H,12-13H2,1-3H3/b17-10-. The largest absolute Gasteiger partial charge is 0.493 e. The summed E-state index contributed by atoms with van der Waals surface area (Å²) >= 11 is 5.27. The molecule has 2 aromatic carbocycles. The fourth-order valence-electron chi connectivity index (χ4n) is 2.98. The van der Waals surface area contributed by atoms with Crippen molar-refractivity contribution < 1.29 is 28.2 Å². The Morgan fingerprint density at radius 3 is 2.61 bits per heavy atom. The van der Waals surface area contributed by atoms with E-state index in [1.165, 1.54) is 36.2 Å². The summed E-state index contributed by atoms with van der Waals surface area (Å²) in [4.78, 5) is 27.0. The lowest BCUT2D eigenvalue weighted by atomic mass is 10.1. The molecule has 31 heavy (non-hydrogen) atoms. The van der Waals surface area contributed by atoms with Crippen LogP contribution >= 0.6 is 12.2 Å². The molecule has 0 aromatic heterocycles. The summed E-state index contributed by atoms with van der Waals surface area (Å²) in [6.07, 6.45) is 1.64. The Morgan fingerprint density at radius 1 is 1.16 bits per heavy atom. The fraction of sp³-hybridized carbons (Fsp3) is 0.227. The number of likely N-dealkylation sites (N-methyl/N-ethyl adjacent to an activating group) is 1. The molecular weight excluding hydrogens is 423 g/mol. The van der Waals surface area contributed by atoms with Gasteiger partial charge in [-0.05, 0) is 53.7 Å². The molecule has 3 rings (SSSR count). The van der Waals surface area contributed by atoms with Crippen molar-refractivity contribution in [2.75, 3.05) is 27.8 Å². The fourth-order valence-corrected chi connectivity index (χ4v) is 3.23. The first-order valence-electron chi connectivity index (χ1n) is 9.27. The average Bonchev–Trinajstić information content (AvgIpc) is 2.96. The van der Waals surface area contributed by atoms with Gasteiger partial charge in [0, 0.05) is 7.05 Å². The number of rotatable bonds is 7. The van der Waals surface area contributed by atoms with E-state index < -0.39 is 11.9 Å². The van der Waals surface area contributed by atoms with Crippen molar-refractivity contribution in [3.63, 3.8) is 0 Å². The van der Waals surface area contributed by atoms with Crippen molar-refractivity contribution in [1.82, 2.24) is 9.80 Å². The van der Waals surface area contributed by atoms with Crippen LogP contribution in [0.2, 0.25) is 0 Å². The number of methoxy groups -OCH3 is 2. The van der Waals surface area contributed by atoms with E-state index in [1.54, 1.807) is 43.5 Å². The van der Waals surface area contributed by atoms with E-state index in [0.717, 1.165) is 0 Å². The van der Waals surface area contributed by atoms with Crippen LogP contribution in [0.3, 0.4) is 0 Å². The lowest BCUT2D eigenvalue weighted by Gasteiger charge is -2.14. The zero-order valence-corrected chi connectivity index (χ0v) is 18.1. The molecule has 0 aliphatic carbocycles. The van der Waals surface area contributed by atoms with Gasteiger partial charge in [-0.2, -0.15) is 0 Å². The minimum atomic E-state index is -0.563. The van der Waals surface area contributed by atoms with Crippen LogP contribution in [0.1, 0.15) is 11.1 Å². The van der Waals surface area contributed by atoms with Crippen LogP contribution in [-0.2, 0) is 20.9 Å². The second-order valence-corrected chi connectivity index (χ2v) is 7.03. The monoisotopic (exact) mass is 444 g/mol. The Hall–Kier alpha value is -3.46. The summed E-state index contributed by atoms with van der Waals surface area (Å²) in [6, 6.07) is 11.3. The number of halogens is 1. The first-order valence-corrected chi connectivity index (χ1v) is 9.68. The molecule has 0 unspecified atom stereocenters. The highest BCUT2D eigenvalue weighted by molar-refractivity contribution is 7.80. The third-order valence-corrected chi connectivity index (χ3v) is 5.13. The smallest absolute Gasteiger partial charge is 0.325 e. The highest BCUT2D eigenvalue weighted by Crippen LogP contribution is 2.31. The lowest BCUT2D eigenvalue weighted by Crippen LogP contribution is -2.36. The van der Waals surface area contributed by atoms with Crippen LogP contribution in [0.4, 0.5) is 4.39 Å². The molecule has 1 amide bonds. The Kier molecular flexibility index (Phi) is 6.86. The van der Waals surface area contributed by atoms with Gasteiger partial charge in [-0.25, -0.2) is 4.39 Å². The number of hydrogen-bond acceptors (Lipinski definition) is 6. The number of carbonyl (C=O) groups is 2. The normalized spacial score (nSPS) is 14.9. The Morgan fingerprint density at radius 2 is 1.94 bits per heavy atom. The van der Waals surface area contributed by atoms with E-state index in [2.05, 4.69) is 4.74 Å². The predicted octanol–water partition coefficient (Wildman–Crippen LogP) is 2.99. The summed E-state index contributed by atoms with van der Waals surface area (Å²) in [5.74, 6) is -0.370. The Labute approximate surface area is 184 Å². The third-order valence-electron chi connectivity index (χ3n) is 4.63. The van der Waals surface area contributed by atoms with E-state index >= 15 is 0 Å². The molecule has 0 radical (unpaired) electrons. The van der Waals surface area contributed by atoms with E-state index in [0.29, 0.717) is 28.3 Å². The van der Waals surface area contributed by atoms with Crippen LogP contribution in [0.5, 0.6) is 11.5 Å². The van der Waals surface area contributed by atoms with Crippen molar-refractivity contribution in [1.29, 1.82) is 0 Å². The van der Waals surface area contributed by atoms with Crippen molar-refractivity contribution >= 4 is 35.3 Å². The van der Waals surface area contributed by atoms with Gasteiger partial charge in [0.05, 0.1) is 14.2 Å². The van der Waals surface area contributed by atoms with Crippen LogP contribution in [0, 0.1) is 5.82 Å². The summed E-state index contributed by atoms with van der Waals surface area (Å²) < 4.78 is 29.1. The topological polar surface area (TPSA) is 68.3 Å². The van der Waals surface area contributed by atoms with E-state index in [-0.39, 0.29) is 24.1 Å². The molecule has 2 aromatic rings. The number of esters is 1. The molecule has 7 nitrogen and oxygen atoms in total. The van der Waals surface area contributed by atoms with Gasteiger partial charge in [0.2, 0.25) is 0 Å². The maximum Gasteiger partial charge on any atom is 0.325 e.